The molecule has 5 heteroatoms. The fraction of sp³-hybridized carbons (Fsp3) is 0.500. The van der Waals surface area contributed by atoms with E-state index in [1.54, 1.807) is 6.20 Å². The molecule has 0 saturated heterocycles. The molecule has 2 aromatic heterocycles. The summed E-state index contributed by atoms with van der Waals surface area (Å²) in [6.07, 6.45) is 5.05. The molecule has 0 fully saturated rings. The van der Waals surface area contributed by atoms with Gasteiger partial charge in [0.25, 0.3) is 0 Å². The van der Waals surface area contributed by atoms with Crippen molar-refractivity contribution in [2.24, 2.45) is 0 Å². The van der Waals surface area contributed by atoms with Gasteiger partial charge in [-0.15, -0.1) is 0 Å². The Bertz CT molecular complexity index is 610. The lowest BCUT2D eigenvalue weighted by molar-refractivity contribution is 0.174. The maximum atomic E-state index is 10.6. The molecule has 0 radical (unpaired) electrons. The summed E-state index contributed by atoms with van der Waals surface area (Å²) in [5.41, 5.74) is 3.79. The van der Waals surface area contributed by atoms with Crippen LogP contribution in [-0.4, -0.2) is 19.9 Å². The number of halogens is 1. The van der Waals surface area contributed by atoms with E-state index in [9.17, 15) is 5.11 Å². The summed E-state index contributed by atoms with van der Waals surface area (Å²) in [7, 11) is 0. The maximum Gasteiger partial charge on any atom is 0.0851 e. The Morgan fingerprint density at radius 1 is 1.29 bits per heavy atom. The van der Waals surface area contributed by atoms with E-state index in [0.29, 0.717) is 11.4 Å². The van der Waals surface area contributed by atoms with Crippen LogP contribution in [0.15, 0.2) is 18.5 Å². The molecule has 0 spiro atoms. The van der Waals surface area contributed by atoms with Crippen LogP contribution in [0.3, 0.4) is 0 Å². The molecule has 1 N–H and O–H groups in total. The summed E-state index contributed by atoms with van der Waals surface area (Å²) in [6.45, 7) is 6.87. The largest absolute Gasteiger partial charge is 0.388 e. The molecule has 0 aromatic carbocycles. The van der Waals surface area contributed by atoms with Gasteiger partial charge in [-0.1, -0.05) is 25.4 Å². The van der Waals surface area contributed by atoms with Gasteiger partial charge in [-0.05, 0) is 37.0 Å². The lowest BCUT2D eigenvalue weighted by Gasteiger charge is -2.15. The molecule has 2 aromatic rings. The van der Waals surface area contributed by atoms with Gasteiger partial charge in [-0.2, -0.15) is 5.10 Å². The van der Waals surface area contributed by atoms with Gasteiger partial charge >= 0.3 is 0 Å². The highest BCUT2D eigenvalue weighted by Gasteiger charge is 2.20. The van der Waals surface area contributed by atoms with Crippen molar-refractivity contribution < 1.29 is 5.11 Å². The number of nitrogens with zero attached hydrogens (tertiary/aromatic N) is 3. The summed E-state index contributed by atoms with van der Waals surface area (Å²) in [4.78, 5) is 4.12. The van der Waals surface area contributed by atoms with Crippen molar-refractivity contribution in [1.29, 1.82) is 0 Å². The summed E-state index contributed by atoms with van der Waals surface area (Å²) in [5, 5.41) is 15.8. The molecule has 0 aliphatic rings. The lowest BCUT2D eigenvalue weighted by Crippen LogP contribution is -2.10. The summed E-state index contributed by atoms with van der Waals surface area (Å²) >= 11 is 6.41. The molecule has 0 saturated carbocycles. The zero-order valence-electron chi connectivity index (χ0n) is 12.8. The van der Waals surface area contributed by atoms with Gasteiger partial charge in [0.05, 0.1) is 22.5 Å². The molecule has 21 heavy (non-hydrogen) atoms. The second kappa shape index (κ2) is 7.05. The molecular weight excluding hydrogens is 286 g/mol. The zero-order valence-corrected chi connectivity index (χ0v) is 13.6. The minimum atomic E-state index is -0.591. The van der Waals surface area contributed by atoms with Crippen molar-refractivity contribution in [2.75, 3.05) is 0 Å². The Labute approximate surface area is 130 Å². The Morgan fingerprint density at radius 3 is 2.67 bits per heavy atom. The Hall–Kier alpha value is -1.39. The van der Waals surface area contributed by atoms with Crippen LogP contribution < -0.4 is 0 Å². The van der Waals surface area contributed by atoms with E-state index in [0.717, 1.165) is 41.9 Å². The zero-order chi connectivity index (χ0) is 15.4. The highest BCUT2D eigenvalue weighted by atomic mass is 35.5. The second-order valence-corrected chi connectivity index (χ2v) is 5.40. The third kappa shape index (κ3) is 3.27. The van der Waals surface area contributed by atoms with Gasteiger partial charge in [0.2, 0.25) is 0 Å². The van der Waals surface area contributed by atoms with Crippen LogP contribution in [0, 0.1) is 0 Å². The van der Waals surface area contributed by atoms with E-state index in [2.05, 4.69) is 17.0 Å². The van der Waals surface area contributed by atoms with Crippen molar-refractivity contribution in [1.82, 2.24) is 14.8 Å². The van der Waals surface area contributed by atoms with E-state index in [4.69, 9.17) is 11.6 Å². The number of pyridine rings is 1. The molecule has 1 unspecified atom stereocenters. The first-order valence-corrected chi connectivity index (χ1v) is 7.84. The molecule has 1 atom stereocenters. The molecule has 0 aliphatic heterocycles. The number of aromatic nitrogens is 3. The molecule has 0 aliphatic carbocycles. The Kier molecular flexibility index (Phi) is 5.37. The van der Waals surface area contributed by atoms with Gasteiger partial charge in [-0.25, -0.2) is 0 Å². The molecule has 0 bridgehead atoms. The van der Waals surface area contributed by atoms with E-state index in [-0.39, 0.29) is 0 Å². The first-order chi connectivity index (χ1) is 10.1. The minimum absolute atomic E-state index is 0.469. The van der Waals surface area contributed by atoms with E-state index >= 15 is 0 Å². The van der Waals surface area contributed by atoms with Crippen LogP contribution in [0.25, 0.3) is 0 Å². The fourth-order valence-corrected chi connectivity index (χ4v) is 2.91. The number of aryl methyl sites for hydroxylation is 3. The van der Waals surface area contributed by atoms with Crippen molar-refractivity contribution in [3.63, 3.8) is 0 Å². The van der Waals surface area contributed by atoms with Crippen molar-refractivity contribution in [3.05, 3.63) is 46.0 Å². The Balaban J connectivity index is 2.31. The van der Waals surface area contributed by atoms with Crippen LogP contribution in [0.2, 0.25) is 5.02 Å². The van der Waals surface area contributed by atoms with Crippen LogP contribution in [0.5, 0.6) is 0 Å². The van der Waals surface area contributed by atoms with Crippen LogP contribution >= 0.6 is 11.6 Å². The Morgan fingerprint density at radius 2 is 2.05 bits per heavy atom. The standard InChI is InChI=1S/C16H22ClN3O/c1-4-11-10-18-8-7-12(11)15(21)9-14-16(17)13(5-2)19-20(14)6-3/h7-8,10,15,21H,4-6,9H2,1-3H3. The summed E-state index contributed by atoms with van der Waals surface area (Å²) in [6, 6.07) is 1.88. The SMILES string of the molecule is CCc1cnccc1C(O)Cc1c(Cl)c(CC)nn1CC. The predicted octanol–water partition coefficient (Wildman–Crippen LogP) is 3.35. The first kappa shape index (κ1) is 16.0. The third-order valence-corrected chi connectivity index (χ3v) is 4.20. The lowest BCUT2D eigenvalue weighted by atomic mass is 9.99. The van der Waals surface area contributed by atoms with E-state index in [1.807, 2.05) is 30.8 Å². The molecular formula is C16H22ClN3O. The van der Waals surface area contributed by atoms with Gasteiger partial charge in [0, 0.05) is 25.4 Å². The first-order valence-electron chi connectivity index (χ1n) is 7.47. The molecule has 0 amide bonds. The topological polar surface area (TPSA) is 50.9 Å². The number of hydrogen-bond donors (Lipinski definition) is 1. The second-order valence-electron chi connectivity index (χ2n) is 5.02. The van der Waals surface area contributed by atoms with Gasteiger partial charge in [0.1, 0.15) is 0 Å². The molecule has 114 valence electrons. The van der Waals surface area contributed by atoms with Gasteiger partial charge in [0.15, 0.2) is 0 Å². The van der Waals surface area contributed by atoms with Gasteiger partial charge < -0.3 is 5.11 Å². The number of hydrogen-bond acceptors (Lipinski definition) is 3. The van der Waals surface area contributed by atoms with Crippen LogP contribution in [-0.2, 0) is 25.8 Å². The normalized spacial score (nSPS) is 12.6. The minimum Gasteiger partial charge on any atom is -0.388 e. The molecule has 2 rings (SSSR count). The average molecular weight is 308 g/mol. The summed E-state index contributed by atoms with van der Waals surface area (Å²) < 4.78 is 1.89. The number of aliphatic hydroxyl groups is 1. The van der Waals surface area contributed by atoms with Crippen molar-refractivity contribution in [2.45, 2.75) is 52.7 Å². The van der Waals surface area contributed by atoms with Crippen molar-refractivity contribution in [3.8, 4) is 0 Å². The van der Waals surface area contributed by atoms with Crippen LogP contribution in [0.1, 0.15) is 49.4 Å². The quantitative estimate of drug-likeness (QED) is 0.890. The predicted molar refractivity (Wildman–Crippen MR) is 84.6 cm³/mol. The van der Waals surface area contributed by atoms with E-state index in [1.165, 1.54) is 0 Å². The highest BCUT2D eigenvalue weighted by molar-refractivity contribution is 6.31. The van der Waals surface area contributed by atoms with Crippen LogP contribution in [0.4, 0.5) is 0 Å². The maximum absolute atomic E-state index is 10.6. The monoisotopic (exact) mass is 307 g/mol. The fourth-order valence-electron chi connectivity index (χ4n) is 2.56. The molecule has 2 heterocycles. The van der Waals surface area contributed by atoms with E-state index < -0.39 is 6.10 Å². The smallest absolute Gasteiger partial charge is 0.0851 e. The third-order valence-electron chi connectivity index (χ3n) is 3.76. The van der Waals surface area contributed by atoms with Gasteiger partial charge in [-0.3, -0.25) is 9.67 Å². The summed E-state index contributed by atoms with van der Waals surface area (Å²) in [5.74, 6) is 0. The number of aliphatic hydroxyl groups excluding tert-OH is 1. The highest BCUT2D eigenvalue weighted by Crippen LogP contribution is 2.28. The number of rotatable bonds is 6. The van der Waals surface area contributed by atoms with Crippen molar-refractivity contribution >= 4 is 11.6 Å². The average Bonchev–Trinajstić information content (AvgIpc) is 2.83. The molecule has 4 nitrogen and oxygen atoms in total.